The van der Waals surface area contributed by atoms with Crippen LogP contribution in [0.15, 0.2) is 35.6 Å². The number of guanidine groups is 1. The maximum absolute atomic E-state index is 5.94. The summed E-state index contributed by atoms with van der Waals surface area (Å²) in [7, 11) is 3.78. The zero-order chi connectivity index (χ0) is 17.9. The van der Waals surface area contributed by atoms with Gasteiger partial charge in [0.15, 0.2) is 5.96 Å². The van der Waals surface area contributed by atoms with Gasteiger partial charge in [0, 0.05) is 38.9 Å². The van der Waals surface area contributed by atoms with Gasteiger partial charge in [0.25, 0.3) is 0 Å². The molecule has 0 amide bonds. The molecule has 26 heavy (non-hydrogen) atoms. The SMILES string of the molecule is CN=C(NCc1ccc2c(c1)CCC2)N1CCOC(c2cnn(C)c2)C1. The van der Waals surface area contributed by atoms with Gasteiger partial charge in [-0.2, -0.15) is 5.10 Å². The predicted molar refractivity (Wildman–Crippen MR) is 102 cm³/mol. The maximum Gasteiger partial charge on any atom is 0.194 e. The summed E-state index contributed by atoms with van der Waals surface area (Å²) >= 11 is 0. The summed E-state index contributed by atoms with van der Waals surface area (Å²) in [5.74, 6) is 0.933. The Kier molecular flexibility index (Phi) is 4.93. The number of hydrogen-bond acceptors (Lipinski definition) is 3. The van der Waals surface area contributed by atoms with E-state index in [1.54, 1.807) is 0 Å². The summed E-state index contributed by atoms with van der Waals surface area (Å²) in [5.41, 5.74) is 5.48. The Morgan fingerprint density at radius 3 is 3.04 bits per heavy atom. The fourth-order valence-electron chi connectivity index (χ4n) is 3.90. The van der Waals surface area contributed by atoms with Gasteiger partial charge in [0.1, 0.15) is 6.10 Å². The summed E-state index contributed by atoms with van der Waals surface area (Å²) in [6.07, 6.45) is 7.68. The third-order valence-corrected chi connectivity index (χ3v) is 5.29. The lowest BCUT2D eigenvalue weighted by atomic mass is 10.1. The molecule has 1 aromatic heterocycles. The first kappa shape index (κ1) is 17.1. The van der Waals surface area contributed by atoms with Crippen molar-refractivity contribution in [1.82, 2.24) is 20.0 Å². The van der Waals surface area contributed by atoms with E-state index >= 15 is 0 Å². The number of rotatable bonds is 3. The molecule has 2 aliphatic rings. The van der Waals surface area contributed by atoms with Gasteiger partial charge in [0.05, 0.1) is 19.3 Å². The number of hydrogen-bond donors (Lipinski definition) is 1. The molecule has 1 saturated heterocycles. The molecule has 1 N–H and O–H groups in total. The first-order valence-corrected chi connectivity index (χ1v) is 9.39. The Balaban J connectivity index is 1.39. The van der Waals surface area contributed by atoms with Crippen LogP contribution >= 0.6 is 0 Å². The second-order valence-corrected chi connectivity index (χ2v) is 7.11. The Morgan fingerprint density at radius 1 is 1.35 bits per heavy atom. The molecule has 0 spiro atoms. The molecule has 0 radical (unpaired) electrons. The zero-order valence-electron chi connectivity index (χ0n) is 15.6. The second kappa shape index (κ2) is 7.50. The first-order chi connectivity index (χ1) is 12.7. The Morgan fingerprint density at radius 2 is 2.23 bits per heavy atom. The number of ether oxygens (including phenoxy) is 1. The summed E-state index contributed by atoms with van der Waals surface area (Å²) in [6, 6.07) is 6.87. The van der Waals surface area contributed by atoms with Gasteiger partial charge in [-0.05, 0) is 36.0 Å². The van der Waals surface area contributed by atoms with Crippen LogP contribution in [0.3, 0.4) is 0 Å². The number of aryl methyl sites for hydroxylation is 3. The Hall–Kier alpha value is -2.34. The lowest BCUT2D eigenvalue weighted by molar-refractivity contribution is -0.00805. The molecule has 0 saturated carbocycles. The van der Waals surface area contributed by atoms with E-state index in [4.69, 9.17) is 4.74 Å². The van der Waals surface area contributed by atoms with Crippen molar-refractivity contribution in [1.29, 1.82) is 0 Å². The van der Waals surface area contributed by atoms with Gasteiger partial charge in [-0.25, -0.2) is 0 Å². The van der Waals surface area contributed by atoms with Crippen molar-refractivity contribution in [3.8, 4) is 0 Å². The highest BCUT2D eigenvalue weighted by molar-refractivity contribution is 5.80. The molecule has 4 rings (SSSR count). The number of nitrogens with one attached hydrogen (secondary N) is 1. The van der Waals surface area contributed by atoms with Crippen LogP contribution in [0.1, 0.15) is 34.8 Å². The number of nitrogens with zero attached hydrogens (tertiary/aromatic N) is 4. The van der Waals surface area contributed by atoms with Crippen LogP contribution in [0.2, 0.25) is 0 Å². The minimum Gasteiger partial charge on any atom is -0.370 e. The van der Waals surface area contributed by atoms with Crippen molar-refractivity contribution in [2.45, 2.75) is 31.9 Å². The van der Waals surface area contributed by atoms with Crippen LogP contribution in [0.5, 0.6) is 0 Å². The average molecular weight is 353 g/mol. The molecule has 2 aromatic rings. The maximum atomic E-state index is 5.94. The topological polar surface area (TPSA) is 54.7 Å². The molecule has 1 aromatic carbocycles. The van der Waals surface area contributed by atoms with E-state index in [-0.39, 0.29) is 6.10 Å². The molecule has 6 heteroatoms. The summed E-state index contributed by atoms with van der Waals surface area (Å²) in [6.45, 7) is 3.13. The monoisotopic (exact) mass is 353 g/mol. The molecule has 2 heterocycles. The van der Waals surface area contributed by atoms with E-state index in [0.717, 1.165) is 31.2 Å². The fraction of sp³-hybridized carbons (Fsp3) is 0.500. The molecule has 1 atom stereocenters. The molecule has 0 bridgehead atoms. The van der Waals surface area contributed by atoms with E-state index in [2.05, 4.69) is 38.5 Å². The van der Waals surface area contributed by atoms with E-state index < -0.39 is 0 Å². The second-order valence-electron chi connectivity index (χ2n) is 7.11. The van der Waals surface area contributed by atoms with Gasteiger partial charge >= 0.3 is 0 Å². The van der Waals surface area contributed by atoms with E-state index in [9.17, 15) is 0 Å². The van der Waals surface area contributed by atoms with E-state index in [0.29, 0.717) is 6.61 Å². The Labute approximate surface area is 154 Å². The molecule has 138 valence electrons. The molecule has 1 fully saturated rings. The third-order valence-electron chi connectivity index (χ3n) is 5.29. The van der Waals surface area contributed by atoms with Crippen molar-refractivity contribution >= 4 is 5.96 Å². The highest BCUT2D eigenvalue weighted by atomic mass is 16.5. The number of aromatic nitrogens is 2. The lowest BCUT2D eigenvalue weighted by Gasteiger charge is -2.34. The Bertz CT molecular complexity index is 797. The molecule has 1 aliphatic carbocycles. The molecular formula is C20H27N5O. The highest BCUT2D eigenvalue weighted by Gasteiger charge is 2.25. The quantitative estimate of drug-likeness (QED) is 0.678. The van der Waals surface area contributed by atoms with Crippen LogP contribution in [0.4, 0.5) is 0 Å². The van der Waals surface area contributed by atoms with Crippen molar-refractivity contribution in [3.05, 3.63) is 52.8 Å². The number of fused-ring (bicyclic) bond motifs is 1. The van der Waals surface area contributed by atoms with Crippen molar-refractivity contribution in [2.24, 2.45) is 12.0 Å². The van der Waals surface area contributed by atoms with Gasteiger partial charge in [-0.3, -0.25) is 9.67 Å². The fourth-order valence-corrected chi connectivity index (χ4v) is 3.90. The smallest absolute Gasteiger partial charge is 0.194 e. The van der Waals surface area contributed by atoms with Gasteiger partial charge in [-0.15, -0.1) is 0 Å². The summed E-state index contributed by atoms with van der Waals surface area (Å²) < 4.78 is 7.76. The molecule has 1 unspecified atom stereocenters. The number of benzene rings is 1. The third kappa shape index (κ3) is 3.60. The van der Waals surface area contributed by atoms with Crippen LogP contribution in [-0.2, 0) is 31.2 Å². The molecule has 6 nitrogen and oxygen atoms in total. The average Bonchev–Trinajstić information content (AvgIpc) is 3.31. The normalized spacial score (nSPS) is 20.3. The number of morpholine rings is 1. The standard InChI is InChI=1S/C20H27N5O/c1-21-20(22-11-15-6-7-16-4-3-5-17(16)10-15)25-8-9-26-19(14-25)18-12-23-24(2)13-18/h6-7,10,12-13,19H,3-5,8-9,11,14H2,1-2H3,(H,21,22). The van der Waals surface area contributed by atoms with Gasteiger partial charge in [0.2, 0.25) is 0 Å². The van der Waals surface area contributed by atoms with Gasteiger partial charge in [-0.1, -0.05) is 18.2 Å². The largest absolute Gasteiger partial charge is 0.370 e. The lowest BCUT2D eigenvalue weighted by Crippen LogP contribution is -2.47. The summed E-state index contributed by atoms with van der Waals surface area (Å²) in [4.78, 5) is 6.76. The summed E-state index contributed by atoms with van der Waals surface area (Å²) in [5, 5.41) is 7.78. The van der Waals surface area contributed by atoms with Crippen molar-refractivity contribution in [3.63, 3.8) is 0 Å². The minimum absolute atomic E-state index is 0.0380. The minimum atomic E-state index is 0.0380. The van der Waals surface area contributed by atoms with Gasteiger partial charge < -0.3 is 15.0 Å². The van der Waals surface area contributed by atoms with E-state index in [1.807, 2.05) is 31.2 Å². The number of aliphatic imine (C=N–C) groups is 1. The van der Waals surface area contributed by atoms with Crippen LogP contribution < -0.4 is 5.32 Å². The molecule has 1 aliphatic heterocycles. The van der Waals surface area contributed by atoms with Crippen molar-refractivity contribution in [2.75, 3.05) is 26.7 Å². The first-order valence-electron chi connectivity index (χ1n) is 9.39. The zero-order valence-corrected chi connectivity index (χ0v) is 15.6. The van der Waals surface area contributed by atoms with E-state index in [1.165, 1.54) is 36.0 Å². The predicted octanol–water partition coefficient (Wildman–Crippen LogP) is 2.06. The van der Waals surface area contributed by atoms with Crippen molar-refractivity contribution < 1.29 is 4.74 Å². The highest BCUT2D eigenvalue weighted by Crippen LogP contribution is 2.23. The van der Waals surface area contributed by atoms with Crippen LogP contribution in [-0.4, -0.2) is 47.4 Å². The van der Waals surface area contributed by atoms with Crippen LogP contribution in [0.25, 0.3) is 0 Å². The molecular weight excluding hydrogens is 326 g/mol. The van der Waals surface area contributed by atoms with Crippen LogP contribution in [0, 0.1) is 0 Å².